The molecule has 5 rings (SSSR count). The highest BCUT2D eigenvalue weighted by atomic mass is 32.2. The van der Waals surface area contributed by atoms with Crippen LogP contribution in [0.25, 0.3) is 11.6 Å². The van der Waals surface area contributed by atoms with E-state index >= 15 is 0 Å². The second kappa shape index (κ2) is 9.32. The van der Waals surface area contributed by atoms with Crippen LogP contribution in [0.15, 0.2) is 47.4 Å². The van der Waals surface area contributed by atoms with Crippen molar-refractivity contribution in [1.29, 1.82) is 0 Å². The van der Waals surface area contributed by atoms with Gasteiger partial charge in [-0.05, 0) is 73.4 Å². The summed E-state index contributed by atoms with van der Waals surface area (Å²) < 4.78 is 41.1. The van der Waals surface area contributed by atoms with Crippen molar-refractivity contribution in [1.82, 2.24) is 4.98 Å². The minimum Gasteiger partial charge on any atom is -0.481 e. The quantitative estimate of drug-likeness (QED) is 0.345. The molecule has 9 nitrogen and oxygen atoms in total. The standard InChI is InChI=1S/C26H22FN3O6S/c27-14-4-7-16(8-5-14)37(35,36)30-15-6-10-20-18(12-15)19(26(34)29-20)13-22-17(9-11-24(32)33)25-21(28-22)2-1-3-23(25)31/h4-8,10,12-13,28,30H,1-3,9,11H2,(H,29,34)(H,32,33). The first-order valence-corrected chi connectivity index (χ1v) is 13.1. The lowest BCUT2D eigenvalue weighted by molar-refractivity contribution is -0.137. The van der Waals surface area contributed by atoms with Gasteiger partial charge in [0.2, 0.25) is 0 Å². The van der Waals surface area contributed by atoms with Gasteiger partial charge < -0.3 is 15.4 Å². The zero-order valence-corrected chi connectivity index (χ0v) is 20.2. The number of halogens is 1. The molecule has 0 unspecified atom stereocenters. The molecule has 0 radical (unpaired) electrons. The van der Waals surface area contributed by atoms with Crippen LogP contribution in [0.1, 0.15) is 52.1 Å². The Balaban J connectivity index is 1.53. The molecular weight excluding hydrogens is 501 g/mol. The monoisotopic (exact) mass is 523 g/mol. The molecule has 0 saturated carbocycles. The van der Waals surface area contributed by atoms with Gasteiger partial charge in [-0.1, -0.05) is 0 Å². The van der Waals surface area contributed by atoms with Crippen LogP contribution in [0.3, 0.4) is 0 Å². The molecule has 4 N–H and O–H groups in total. The van der Waals surface area contributed by atoms with Gasteiger partial charge >= 0.3 is 5.97 Å². The fraction of sp³-hybridized carbons (Fsp3) is 0.192. The van der Waals surface area contributed by atoms with E-state index in [9.17, 15) is 32.3 Å². The van der Waals surface area contributed by atoms with Gasteiger partial charge in [0, 0.05) is 46.7 Å². The Hall–Kier alpha value is -4.25. The van der Waals surface area contributed by atoms with Gasteiger partial charge in [-0.25, -0.2) is 12.8 Å². The highest BCUT2D eigenvalue weighted by molar-refractivity contribution is 7.92. The van der Waals surface area contributed by atoms with Crippen molar-refractivity contribution in [2.75, 3.05) is 10.0 Å². The molecule has 11 heteroatoms. The Labute approximate surface area is 211 Å². The molecule has 0 spiro atoms. The number of Topliss-reactive ketones (excluding diaryl/α,β-unsaturated/α-hetero) is 1. The summed E-state index contributed by atoms with van der Waals surface area (Å²) in [6.07, 6.45) is 3.22. The lowest BCUT2D eigenvalue weighted by Crippen LogP contribution is -2.13. The number of amides is 1. The van der Waals surface area contributed by atoms with Crippen molar-refractivity contribution in [3.05, 3.63) is 76.4 Å². The Morgan fingerprint density at radius 3 is 2.59 bits per heavy atom. The molecule has 2 aromatic carbocycles. The molecule has 37 heavy (non-hydrogen) atoms. The number of carboxylic acid groups (broad SMARTS) is 1. The van der Waals surface area contributed by atoms with Gasteiger partial charge in [-0.15, -0.1) is 0 Å². The summed E-state index contributed by atoms with van der Waals surface area (Å²) in [6, 6.07) is 8.94. The zero-order valence-electron chi connectivity index (χ0n) is 19.4. The molecule has 1 aliphatic heterocycles. The van der Waals surface area contributed by atoms with Crippen LogP contribution in [0.2, 0.25) is 0 Å². The molecule has 0 atom stereocenters. The maximum absolute atomic E-state index is 13.2. The van der Waals surface area contributed by atoms with Gasteiger partial charge in [0.25, 0.3) is 15.9 Å². The van der Waals surface area contributed by atoms with Gasteiger partial charge in [0.1, 0.15) is 5.82 Å². The van der Waals surface area contributed by atoms with E-state index in [-0.39, 0.29) is 34.8 Å². The molecule has 1 aliphatic carbocycles. The minimum atomic E-state index is -4.01. The summed E-state index contributed by atoms with van der Waals surface area (Å²) in [5.74, 6) is -2.04. The first kappa shape index (κ1) is 24.4. The van der Waals surface area contributed by atoms with Crippen LogP contribution in [0.4, 0.5) is 15.8 Å². The van der Waals surface area contributed by atoms with E-state index in [1.54, 1.807) is 12.1 Å². The predicted molar refractivity (Wildman–Crippen MR) is 134 cm³/mol. The molecule has 0 saturated heterocycles. The van der Waals surface area contributed by atoms with E-state index in [1.807, 2.05) is 0 Å². The number of hydrogen-bond donors (Lipinski definition) is 4. The molecule has 1 amide bonds. The Morgan fingerprint density at radius 1 is 1.11 bits per heavy atom. The van der Waals surface area contributed by atoms with E-state index in [0.717, 1.165) is 30.0 Å². The van der Waals surface area contributed by atoms with E-state index < -0.39 is 27.7 Å². The molecule has 1 aromatic heterocycles. The SMILES string of the molecule is O=C(O)CCc1c(C=C2C(=O)Nc3ccc(NS(=O)(=O)c4ccc(F)cc4)cc32)[nH]c2c1C(=O)CCC2. The average molecular weight is 524 g/mol. The molecule has 0 fully saturated rings. The number of benzene rings is 2. The number of aliphatic carboxylic acids is 1. The highest BCUT2D eigenvalue weighted by Gasteiger charge is 2.29. The summed E-state index contributed by atoms with van der Waals surface area (Å²) in [6.45, 7) is 0. The Morgan fingerprint density at radius 2 is 1.86 bits per heavy atom. The summed E-state index contributed by atoms with van der Waals surface area (Å²) in [4.78, 5) is 39.8. The van der Waals surface area contributed by atoms with E-state index in [2.05, 4.69) is 15.0 Å². The maximum atomic E-state index is 13.2. The van der Waals surface area contributed by atoms with Crippen LogP contribution in [-0.4, -0.2) is 36.2 Å². The number of carbonyl (C=O) groups is 3. The molecule has 0 bridgehead atoms. The summed E-state index contributed by atoms with van der Waals surface area (Å²) in [7, 11) is -4.01. The van der Waals surface area contributed by atoms with Crippen LogP contribution in [0.5, 0.6) is 0 Å². The Kier molecular flexibility index (Phi) is 6.16. The van der Waals surface area contributed by atoms with Gasteiger partial charge in [0.15, 0.2) is 5.78 Å². The summed E-state index contributed by atoms with van der Waals surface area (Å²) >= 11 is 0. The number of anilines is 2. The smallest absolute Gasteiger partial charge is 0.303 e. The van der Waals surface area contributed by atoms with Crippen LogP contribution < -0.4 is 10.0 Å². The number of carbonyl (C=O) groups excluding carboxylic acids is 2. The van der Waals surface area contributed by atoms with Crippen molar-refractivity contribution in [3.8, 4) is 0 Å². The van der Waals surface area contributed by atoms with Gasteiger partial charge in [0.05, 0.1) is 10.5 Å². The summed E-state index contributed by atoms with van der Waals surface area (Å²) in [5, 5.41) is 11.9. The van der Waals surface area contributed by atoms with Crippen molar-refractivity contribution < 1.29 is 32.3 Å². The number of fused-ring (bicyclic) bond motifs is 2. The Bertz CT molecular complexity index is 1590. The number of aryl methyl sites for hydroxylation is 1. The maximum Gasteiger partial charge on any atom is 0.303 e. The molecule has 190 valence electrons. The van der Waals surface area contributed by atoms with Crippen molar-refractivity contribution >= 4 is 50.7 Å². The molecule has 2 aliphatic rings. The number of ketones is 1. The molecule has 2 heterocycles. The fourth-order valence-corrected chi connectivity index (χ4v) is 5.72. The zero-order chi connectivity index (χ0) is 26.3. The first-order chi connectivity index (χ1) is 17.6. The van der Waals surface area contributed by atoms with Crippen molar-refractivity contribution in [2.45, 2.75) is 37.0 Å². The average Bonchev–Trinajstić information content (AvgIpc) is 3.35. The van der Waals surface area contributed by atoms with Crippen LogP contribution in [-0.2, 0) is 32.5 Å². The number of H-pyrrole nitrogens is 1. The fourth-order valence-electron chi connectivity index (χ4n) is 4.67. The number of aromatic nitrogens is 1. The topological polar surface area (TPSA) is 145 Å². The van der Waals surface area contributed by atoms with E-state index in [4.69, 9.17) is 0 Å². The highest BCUT2D eigenvalue weighted by Crippen LogP contribution is 2.37. The van der Waals surface area contributed by atoms with E-state index in [1.165, 1.54) is 12.1 Å². The second-order valence-corrected chi connectivity index (χ2v) is 10.6. The number of nitrogens with one attached hydrogen (secondary N) is 3. The van der Waals surface area contributed by atoms with Crippen LogP contribution in [0, 0.1) is 5.82 Å². The largest absolute Gasteiger partial charge is 0.481 e. The number of rotatable bonds is 7. The van der Waals surface area contributed by atoms with Gasteiger partial charge in [-0.3, -0.25) is 19.1 Å². The summed E-state index contributed by atoms with van der Waals surface area (Å²) in [5.41, 5.74) is 3.60. The predicted octanol–water partition coefficient (Wildman–Crippen LogP) is 3.98. The molecular formula is C26H22FN3O6S. The van der Waals surface area contributed by atoms with Crippen molar-refractivity contribution in [2.24, 2.45) is 0 Å². The number of carboxylic acids is 1. The van der Waals surface area contributed by atoms with E-state index in [0.29, 0.717) is 47.3 Å². The normalized spacial score (nSPS) is 15.9. The molecule has 3 aromatic rings. The third-order valence-electron chi connectivity index (χ3n) is 6.38. The lowest BCUT2D eigenvalue weighted by Gasteiger charge is -2.11. The number of sulfonamides is 1. The third-order valence-corrected chi connectivity index (χ3v) is 7.78. The van der Waals surface area contributed by atoms with Gasteiger partial charge in [-0.2, -0.15) is 0 Å². The third kappa shape index (κ3) is 4.77. The van der Waals surface area contributed by atoms with Crippen LogP contribution >= 0.6 is 0 Å². The minimum absolute atomic E-state index is 0.0590. The number of aromatic amines is 1. The lowest BCUT2D eigenvalue weighted by atomic mass is 9.91. The first-order valence-electron chi connectivity index (χ1n) is 11.6. The second-order valence-electron chi connectivity index (χ2n) is 8.87. The number of hydrogen-bond acceptors (Lipinski definition) is 5. The van der Waals surface area contributed by atoms with Crippen molar-refractivity contribution in [3.63, 3.8) is 0 Å².